The zero-order valence-corrected chi connectivity index (χ0v) is 26.8. The Labute approximate surface area is 284 Å². The maximum absolute atomic E-state index is 14.1. The molecule has 2 heterocycles. The van der Waals surface area contributed by atoms with E-state index in [2.05, 4.69) is 108 Å². The predicted octanol–water partition coefficient (Wildman–Crippen LogP) is 10.1. The largest absolute Gasteiger partial charge is 0.309 e. The molecule has 0 radical (unpaired) electrons. The van der Waals surface area contributed by atoms with Crippen molar-refractivity contribution in [1.82, 2.24) is 14.5 Å². The van der Waals surface area contributed by atoms with E-state index in [0.29, 0.717) is 6.42 Å². The molecule has 4 nitrogen and oxygen atoms in total. The number of hydrogen-bond donors (Lipinski definition) is 0. The van der Waals surface area contributed by atoms with Gasteiger partial charge in [0.05, 0.1) is 22.6 Å². The first-order valence-electron chi connectivity index (χ1n) is 17.0. The molecule has 10 rings (SSSR count). The van der Waals surface area contributed by atoms with Crippen molar-refractivity contribution in [2.24, 2.45) is 0 Å². The van der Waals surface area contributed by atoms with Crippen LogP contribution in [0.15, 0.2) is 152 Å². The van der Waals surface area contributed by atoms with Crippen LogP contribution in [-0.4, -0.2) is 20.3 Å². The van der Waals surface area contributed by atoms with Crippen molar-refractivity contribution in [3.63, 3.8) is 0 Å². The number of para-hydroxylation sites is 2. The topological polar surface area (TPSA) is 47.8 Å². The number of rotatable bonds is 3. The maximum Gasteiger partial charge on any atom is 0.171 e. The highest BCUT2D eigenvalue weighted by Gasteiger charge is 2.34. The number of aromatic nitrogens is 3. The van der Waals surface area contributed by atoms with E-state index in [1.54, 1.807) is 0 Å². The molecule has 232 valence electrons. The molecule has 2 unspecified atom stereocenters. The molecule has 8 aromatic rings. The summed E-state index contributed by atoms with van der Waals surface area (Å²) in [4.78, 5) is 24.6. The molecule has 0 spiro atoms. The second-order valence-corrected chi connectivity index (χ2v) is 13.2. The summed E-state index contributed by atoms with van der Waals surface area (Å²) in [6.07, 6.45) is 3.32. The highest BCUT2D eigenvalue weighted by Crippen LogP contribution is 2.47. The van der Waals surface area contributed by atoms with Gasteiger partial charge in [-0.1, -0.05) is 127 Å². The van der Waals surface area contributed by atoms with Crippen molar-refractivity contribution >= 4 is 27.6 Å². The maximum atomic E-state index is 14.1. The molecule has 0 saturated heterocycles. The van der Waals surface area contributed by atoms with Gasteiger partial charge in [0.25, 0.3) is 0 Å². The van der Waals surface area contributed by atoms with Crippen LogP contribution in [0.1, 0.15) is 50.3 Å². The van der Waals surface area contributed by atoms with Crippen molar-refractivity contribution in [2.75, 3.05) is 0 Å². The third-order valence-electron chi connectivity index (χ3n) is 10.6. The first-order chi connectivity index (χ1) is 24.2. The Bertz CT molecular complexity index is 2590. The Morgan fingerprint density at radius 3 is 2.10 bits per heavy atom. The minimum absolute atomic E-state index is 0.0575. The van der Waals surface area contributed by atoms with E-state index in [1.807, 2.05) is 48.7 Å². The Hall–Kier alpha value is -6.13. The van der Waals surface area contributed by atoms with Crippen molar-refractivity contribution in [2.45, 2.75) is 24.7 Å². The molecule has 49 heavy (non-hydrogen) atoms. The van der Waals surface area contributed by atoms with Crippen molar-refractivity contribution in [3.8, 4) is 28.1 Å². The number of ketones is 1. The molecule has 0 bridgehead atoms. The van der Waals surface area contributed by atoms with E-state index in [-0.39, 0.29) is 17.6 Å². The lowest BCUT2D eigenvalue weighted by molar-refractivity contribution is 0.0960. The van der Waals surface area contributed by atoms with Gasteiger partial charge >= 0.3 is 0 Å². The smallest absolute Gasteiger partial charge is 0.171 e. The average Bonchev–Trinajstić information content (AvgIpc) is 3.46. The summed E-state index contributed by atoms with van der Waals surface area (Å²) in [6, 6.07) is 50.8. The van der Waals surface area contributed by atoms with Gasteiger partial charge in [-0.05, 0) is 64.4 Å². The highest BCUT2D eigenvalue weighted by molar-refractivity contribution is 6.12. The van der Waals surface area contributed by atoms with Gasteiger partial charge in [0.15, 0.2) is 5.78 Å². The molecule has 2 aliphatic rings. The summed E-state index contributed by atoms with van der Waals surface area (Å²) in [5, 5.41) is 2.49. The average molecular weight is 630 g/mol. The van der Waals surface area contributed by atoms with Crippen LogP contribution in [0.3, 0.4) is 0 Å². The highest BCUT2D eigenvalue weighted by atomic mass is 16.1. The van der Waals surface area contributed by atoms with Gasteiger partial charge in [0.2, 0.25) is 0 Å². The lowest BCUT2D eigenvalue weighted by Gasteiger charge is -2.28. The molecular weight excluding hydrogens is 599 g/mol. The molecular formula is C45H31N3O. The molecule has 0 fully saturated rings. The molecule has 2 aliphatic carbocycles. The van der Waals surface area contributed by atoms with Gasteiger partial charge in [-0.2, -0.15) is 0 Å². The van der Waals surface area contributed by atoms with Crippen molar-refractivity contribution in [1.29, 1.82) is 0 Å². The fourth-order valence-corrected chi connectivity index (χ4v) is 8.35. The van der Waals surface area contributed by atoms with E-state index in [9.17, 15) is 4.79 Å². The minimum atomic E-state index is -0.284. The second kappa shape index (κ2) is 11.0. The zero-order chi connectivity index (χ0) is 32.5. The van der Waals surface area contributed by atoms with Gasteiger partial charge in [0, 0.05) is 39.7 Å². The van der Waals surface area contributed by atoms with Gasteiger partial charge in [0.1, 0.15) is 5.82 Å². The number of Topliss-reactive ketones (excluding diaryl/α,β-unsaturated/α-hetero) is 1. The minimum Gasteiger partial charge on any atom is -0.309 e. The Morgan fingerprint density at radius 2 is 1.27 bits per heavy atom. The molecule has 2 atom stereocenters. The summed E-state index contributed by atoms with van der Waals surface area (Å²) < 4.78 is 2.43. The van der Waals surface area contributed by atoms with Crippen molar-refractivity contribution < 1.29 is 4.79 Å². The molecule has 2 aromatic heterocycles. The van der Waals surface area contributed by atoms with Gasteiger partial charge in [-0.3, -0.25) is 4.79 Å². The van der Waals surface area contributed by atoms with Gasteiger partial charge < -0.3 is 4.57 Å². The number of benzene rings is 6. The van der Waals surface area contributed by atoms with E-state index in [1.165, 1.54) is 44.1 Å². The first kappa shape index (κ1) is 27.9. The van der Waals surface area contributed by atoms with Crippen LogP contribution >= 0.6 is 0 Å². The predicted molar refractivity (Wildman–Crippen MR) is 196 cm³/mol. The molecule has 0 amide bonds. The Balaban J connectivity index is 1.18. The van der Waals surface area contributed by atoms with Crippen LogP contribution in [0.5, 0.6) is 0 Å². The zero-order valence-electron chi connectivity index (χ0n) is 26.8. The summed E-state index contributed by atoms with van der Waals surface area (Å²) in [7, 11) is 0. The van der Waals surface area contributed by atoms with Crippen LogP contribution in [0, 0.1) is 0 Å². The third kappa shape index (κ3) is 4.27. The Morgan fingerprint density at radius 1 is 0.571 bits per heavy atom. The number of nitrogens with zero attached hydrogens (tertiary/aromatic N) is 3. The van der Waals surface area contributed by atoms with E-state index in [0.717, 1.165) is 45.9 Å². The third-order valence-corrected chi connectivity index (χ3v) is 10.6. The first-order valence-corrected chi connectivity index (χ1v) is 17.0. The van der Waals surface area contributed by atoms with E-state index >= 15 is 0 Å². The molecule has 0 saturated carbocycles. The molecule has 6 aromatic carbocycles. The molecule has 0 N–H and O–H groups in total. The normalized spacial score (nSPS) is 16.4. The second-order valence-electron chi connectivity index (χ2n) is 13.2. The lowest BCUT2D eigenvalue weighted by Crippen LogP contribution is -2.17. The number of carbonyl (C=O) groups is 1. The quantitative estimate of drug-likeness (QED) is 0.195. The summed E-state index contributed by atoms with van der Waals surface area (Å²) in [5.41, 5.74) is 13.1. The molecule has 4 heteroatoms. The number of hydrogen-bond acceptors (Lipinski definition) is 3. The number of carbonyl (C=O) groups excluding carboxylic acids is 1. The summed E-state index contributed by atoms with van der Waals surface area (Å²) >= 11 is 0. The fourth-order valence-electron chi connectivity index (χ4n) is 8.35. The standard InChI is InChI=1S/C45H31N3O/c49-44-37-21-10-9-20-35(37)42-29(25-38(44)28-13-3-1-4-14-28)27-46-45(47-42)40-26-39-33(31-17-7-8-18-32(31)40)23-24-36-34-19-11-12-22-41(34)48(43(36)39)30-15-5-2-6-16-30/h1-24,27,38,40H,25-26H2. The molecule has 0 aliphatic heterocycles. The number of fused-ring (bicyclic) bond motifs is 10. The van der Waals surface area contributed by atoms with E-state index < -0.39 is 0 Å². The van der Waals surface area contributed by atoms with Crippen LogP contribution in [0.4, 0.5) is 0 Å². The van der Waals surface area contributed by atoms with Crippen molar-refractivity contribution in [3.05, 3.63) is 185 Å². The lowest BCUT2D eigenvalue weighted by atomic mass is 9.77. The summed E-state index contributed by atoms with van der Waals surface area (Å²) in [6.45, 7) is 0. The fraction of sp³-hybridized carbons (Fsp3) is 0.0889. The SMILES string of the molecule is O=C1c2ccccc2-c2nc(C3Cc4c(ccc5c6ccccc6n(-c6ccccc6)c45)-c4ccccc43)ncc2CC1c1ccccc1. The van der Waals surface area contributed by atoms with Crippen LogP contribution in [-0.2, 0) is 12.8 Å². The van der Waals surface area contributed by atoms with Crippen LogP contribution in [0.2, 0.25) is 0 Å². The van der Waals surface area contributed by atoms with Gasteiger partial charge in [-0.25, -0.2) is 9.97 Å². The van der Waals surface area contributed by atoms with E-state index in [4.69, 9.17) is 9.97 Å². The monoisotopic (exact) mass is 629 g/mol. The van der Waals surface area contributed by atoms with Crippen LogP contribution < -0.4 is 0 Å². The van der Waals surface area contributed by atoms with Crippen LogP contribution in [0.25, 0.3) is 49.9 Å². The van der Waals surface area contributed by atoms with Gasteiger partial charge in [-0.15, -0.1) is 0 Å². The Kier molecular flexibility index (Phi) is 6.25. The summed E-state index contributed by atoms with van der Waals surface area (Å²) in [5.74, 6) is 0.581.